The van der Waals surface area contributed by atoms with Crippen molar-refractivity contribution in [3.8, 4) is 0 Å². The molecule has 1 aromatic heterocycles. The number of nitro groups is 1. The molecule has 0 amide bonds. The summed E-state index contributed by atoms with van der Waals surface area (Å²) in [7, 11) is 1.86. The average Bonchev–Trinajstić information content (AvgIpc) is 2.19. The van der Waals surface area contributed by atoms with Gasteiger partial charge in [0.25, 0.3) is 0 Å². The van der Waals surface area contributed by atoms with Crippen LogP contribution in [-0.4, -0.2) is 30.0 Å². The van der Waals surface area contributed by atoms with E-state index in [4.69, 9.17) is 0 Å². The molecule has 0 saturated carbocycles. The van der Waals surface area contributed by atoms with Gasteiger partial charge in [0.2, 0.25) is 0 Å². The van der Waals surface area contributed by atoms with Gasteiger partial charge in [-0.15, -0.1) is 0 Å². The minimum Gasteiger partial charge on any atom is -0.381 e. The molecule has 14 heavy (non-hydrogen) atoms. The highest BCUT2D eigenvalue weighted by molar-refractivity contribution is 5.43. The Morgan fingerprint density at radius 3 is 2.79 bits per heavy atom. The first kappa shape index (κ1) is 10.4. The van der Waals surface area contributed by atoms with Crippen LogP contribution >= 0.6 is 0 Å². The van der Waals surface area contributed by atoms with Crippen LogP contribution in [0.25, 0.3) is 0 Å². The second-order valence-electron chi connectivity index (χ2n) is 2.69. The average molecular weight is 196 g/mol. The van der Waals surface area contributed by atoms with Crippen LogP contribution in [0.4, 0.5) is 11.5 Å². The van der Waals surface area contributed by atoms with E-state index in [1.54, 1.807) is 6.07 Å². The molecule has 0 bridgehead atoms. The van der Waals surface area contributed by atoms with Crippen LogP contribution in [0.1, 0.15) is 0 Å². The van der Waals surface area contributed by atoms with E-state index in [2.05, 4.69) is 15.6 Å². The summed E-state index contributed by atoms with van der Waals surface area (Å²) >= 11 is 0. The number of aromatic nitrogens is 1. The van der Waals surface area contributed by atoms with E-state index in [0.29, 0.717) is 0 Å². The minimum atomic E-state index is -0.516. The standard InChI is InChI=1S/C8H12N4O2/c1-9-4-5-10-7-2-3-8(11-6-7)12(13)14/h2-3,6,9-10H,4-5H2,1H3. The van der Waals surface area contributed by atoms with E-state index in [9.17, 15) is 10.1 Å². The van der Waals surface area contributed by atoms with Crippen molar-refractivity contribution in [1.82, 2.24) is 10.3 Å². The molecule has 0 atom stereocenters. The molecule has 0 aliphatic rings. The molecule has 0 spiro atoms. The zero-order valence-electron chi connectivity index (χ0n) is 7.86. The quantitative estimate of drug-likeness (QED) is 0.410. The van der Waals surface area contributed by atoms with E-state index in [0.717, 1.165) is 18.8 Å². The van der Waals surface area contributed by atoms with Crippen molar-refractivity contribution in [3.05, 3.63) is 28.4 Å². The lowest BCUT2D eigenvalue weighted by Gasteiger charge is -2.02. The molecule has 6 heteroatoms. The molecule has 0 unspecified atom stereocenters. The fraction of sp³-hybridized carbons (Fsp3) is 0.375. The van der Waals surface area contributed by atoms with Crippen molar-refractivity contribution < 1.29 is 4.92 Å². The van der Waals surface area contributed by atoms with Gasteiger partial charge in [-0.05, 0) is 23.0 Å². The Morgan fingerprint density at radius 2 is 2.29 bits per heavy atom. The zero-order chi connectivity index (χ0) is 10.4. The summed E-state index contributed by atoms with van der Waals surface area (Å²) in [6, 6.07) is 3.02. The van der Waals surface area contributed by atoms with Gasteiger partial charge in [-0.1, -0.05) is 0 Å². The summed E-state index contributed by atoms with van der Waals surface area (Å²) in [5.74, 6) is -0.135. The number of hydrogen-bond donors (Lipinski definition) is 2. The molecular formula is C8H12N4O2. The van der Waals surface area contributed by atoms with Gasteiger partial charge < -0.3 is 20.7 Å². The van der Waals surface area contributed by atoms with Crippen molar-refractivity contribution in [2.24, 2.45) is 0 Å². The Kier molecular flexibility index (Phi) is 3.81. The van der Waals surface area contributed by atoms with E-state index in [1.165, 1.54) is 12.3 Å². The van der Waals surface area contributed by atoms with Crippen LogP contribution in [0, 0.1) is 10.1 Å². The lowest BCUT2D eigenvalue weighted by atomic mass is 10.4. The van der Waals surface area contributed by atoms with E-state index in [-0.39, 0.29) is 5.82 Å². The first-order valence-electron chi connectivity index (χ1n) is 4.23. The molecule has 1 aromatic rings. The topological polar surface area (TPSA) is 80.1 Å². The van der Waals surface area contributed by atoms with Crippen LogP contribution in [0.15, 0.2) is 18.3 Å². The van der Waals surface area contributed by atoms with Gasteiger partial charge in [0.1, 0.15) is 0 Å². The van der Waals surface area contributed by atoms with Gasteiger partial charge in [-0.3, -0.25) is 0 Å². The fourth-order valence-electron chi connectivity index (χ4n) is 0.930. The van der Waals surface area contributed by atoms with Crippen molar-refractivity contribution in [2.45, 2.75) is 0 Å². The molecular weight excluding hydrogens is 184 g/mol. The van der Waals surface area contributed by atoms with Gasteiger partial charge in [-0.2, -0.15) is 0 Å². The van der Waals surface area contributed by atoms with Gasteiger partial charge in [-0.25, -0.2) is 0 Å². The lowest BCUT2D eigenvalue weighted by Crippen LogP contribution is -2.17. The summed E-state index contributed by atoms with van der Waals surface area (Å²) in [4.78, 5) is 13.4. The van der Waals surface area contributed by atoms with Gasteiger partial charge in [0.05, 0.1) is 5.69 Å². The third-order valence-electron chi connectivity index (χ3n) is 1.64. The van der Waals surface area contributed by atoms with Crippen LogP contribution in [0.3, 0.4) is 0 Å². The maximum atomic E-state index is 10.3. The van der Waals surface area contributed by atoms with Crippen LogP contribution in [0.2, 0.25) is 0 Å². The second-order valence-corrected chi connectivity index (χ2v) is 2.69. The molecule has 0 aliphatic carbocycles. The highest BCUT2D eigenvalue weighted by Gasteiger charge is 2.04. The molecule has 2 N–H and O–H groups in total. The van der Waals surface area contributed by atoms with Crippen LogP contribution in [0.5, 0.6) is 0 Å². The van der Waals surface area contributed by atoms with E-state index in [1.807, 2.05) is 7.05 Å². The second kappa shape index (κ2) is 5.13. The van der Waals surface area contributed by atoms with Gasteiger partial charge in [0, 0.05) is 19.2 Å². The number of pyridine rings is 1. The number of rotatable bonds is 5. The molecule has 0 aliphatic heterocycles. The molecule has 0 radical (unpaired) electrons. The summed E-state index contributed by atoms with van der Waals surface area (Å²) in [5.41, 5.74) is 0.783. The largest absolute Gasteiger partial charge is 0.381 e. The summed E-state index contributed by atoms with van der Waals surface area (Å²) in [6.45, 7) is 1.59. The number of nitrogens with one attached hydrogen (secondary N) is 2. The maximum absolute atomic E-state index is 10.3. The Labute approximate surface area is 81.5 Å². The number of nitrogens with zero attached hydrogens (tertiary/aromatic N) is 2. The molecule has 76 valence electrons. The molecule has 0 saturated heterocycles. The van der Waals surface area contributed by atoms with Crippen molar-refractivity contribution in [3.63, 3.8) is 0 Å². The summed E-state index contributed by atoms with van der Waals surface area (Å²) in [6.07, 6.45) is 1.45. The predicted octanol–water partition coefficient (Wildman–Crippen LogP) is 0.621. The van der Waals surface area contributed by atoms with E-state index < -0.39 is 4.92 Å². The summed E-state index contributed by atoms with van der Waals surface area (Å²) in [5, 5.41) is 16.3. The Balaban J connectivity index is 2.51. The number of anilines is 1. The monoisotopic (exact) mass is 196 g/mol. The third kappa shape index (κ3) is 2.98. The lowest BCUT2D eigenvalue weighted by molar-refractivity contribution is -0.389. The summed E-state index contributed by atoms with van der Waals surface area (Å²) < 4.78 is 0. The van der Waals surface area contributed by atoms with Crippen molar-refractivity contribution in [2.75, 3.05) is 25.5 Å². The molecule has 1 rings (SSSR count). The first-order valence-corrected chi connectivity index (χ1v) is 4.23. The molecule has 6 nitrogen and oxygen atoms in total. The Hall–Kier alpha value is -1.69. The van der Waals surface area contributed by atoms with Gasteiger partial charge in [0.15, 0.2) is 6.20 Å². The number of hydrogen-bond acceptors (Lipinski definition) is 5. The molecule has 0 aromatic carbocycles. The zero-order valence-corrected chi connectivity index (χ0v) is 7.86. The molecule has 1 heterocycles. The normalized spacial score (nSPS) is 9.79. The fourth-order valence-corrected chi connectivity index (χ4v) is 0.930. The van der Waals surface area contributed by atoms with Gasteiger partial charge >= 0.3 is 5.82 Å². The third-order valence-corrected chi connectivity index (χ3v) is 1.64. The molecule has 0 fully saturated rings. The highest BCUT2D eigenvalue weighted by atomic mass is 16.6. The van der Waals surface area contributed by atoms with Crippen molar-refractivity contribution >= 4 is 11.5 Å². The van der Waals surface area contributed by atoms with Crippen molar-refractivity contribution in [1.29, 1.82) is 0 Å². The predicted molar refractivity (Wildman–Crippen MR) is 53.3 cm³/mol. The Bertz CT molecular complexity index is 299. The SMILES string of the molecule is CNCCNc1ccc([N+](=O)[O-])nc1. The Morgan fingerprint density at radius 1 is 1.50 bits per heavy atom. The van der Waals surface area contributed by atoms with Crippen LogP contribution in [-0.2, 0) is 0 Å². The smallest absolute Gasteiger partial charge is 0.363 e. The highest BCUT2D eigenvalue weighted by Crippen LogP contribution is 2.10. The first-order chi connectivity index (χ1) is 6.74. The minimum absolute atomic E-state index is 0.135. The maximum Gasteiger partial charge on any atom is 0.363 e. The van der Waals surface area contributed by atoms with E-state index >= 15 is 0 Å². The number of likely N-dealkylation sites (N-methyl/N-ethyl adjacent to an activating group) is 1. The van der Waals surface area contributed by atoms with Crippen LogP contribution < -0.4 is 10.6 Å².